The molecule has 39 heavy (non-hydrogen) atoms. The standard InChI is InChI=1S/C28H35F2N5O3S/c1-19(39-2)35-11-9-34(10-12-35)8-3-13-38-21-4-5-25-23(14-21)22(6-7-32-25)27(37)33-18-26(36)24-16-28(29,30)15-20(24)17-31/h4-7,14,19-20,24H,3,8-13,15-16,18H2,1-2H3,(H,33,37)/t19?,20-,24?/m0/s1. The fraction of sp³-hybridized carbons (Fsp3) is 0.571. The number of nitriles is 1. The Morgan fingerprint density at radius 1 is 1.26 bits per heavy atom. The minimum absolute atomic E-state index is 0.309. The number of rotatable bonds is 11. The zero-order valence-corrected chi connectivity index (χ0v) is 23.2. The maximum absolute atomic E-state index is 13.7. The van der Waals surface area contributed by atoms with Gasteiger partial charge in [0, 0.05) is 63.1 Å². The van der Waals surface area contributed by atoms with Crippen LogP contribution in [0.25, 0.3) is 10.9 Å². The average molecular weight is 560 g/mol. The summed E-state index contributed by atoms with van der Waals surface area (Å²) >= 11 is 1.87. The van der Waals surface area contributed by atoms with Gasteiger partial charge in [-0.2, -0.15) is 5.26 Å². The minimum Gasteiger partial charge on any atom is -0.494 e. The maximum atomic E-state index is 13.7. The van der Waals surface area contributed by atoms with Crippen molar-refractivity contribution < 1.29 is 23.1 Å². The van der Waals surface area contributed by atoms with Crippen LogP contribution in [0.15, 0.2) is 30.5 Å². The van der Waals surface area contributed by atoms with Gasteiger partial charge in [0.2, 0.25) is 5.92 Å². The first-order valence-corrected chi connectivity index (χ1v) is 14.6. The molecule has 2 aliphatic rings. The summed E-state index contributed by atoms with van der Waals surface area (Å²) in [7, 11) is 0. The van der Waals surface area contributed by atoms with Crippen molar-refractivity contribution in [2.45, 2.75) is 37.5 Å². The molecule has 8 nitrogen and oxygen atoms in total. The summed E-state index contributed by atoms with van der Waals surface area (Å²) < 4.78 is 33.4. The number of carbonyl (C=O) groups is 2. The van der Waals surface area contributed by atoms with E-state index < -0.39 is 48.8 Å². The fourth-order valence-electron chi connectivity index (χ4n) is 5.27. The molecule has 4 rings (SSSR count). The minimum atomic E-state index is -3.04. The van der Waals surface area contributed by atoms with Gasteiger partial charge >= 0.3 is 0 Å². The number of thioether (sulfide) groups is 1. The molecule has 0 spiro atoms. The van der Waals surface area contributed by atoms with Crippen LogP contribution in [0.3, 0.4) is 0 Å². The first-order valence-electron chi connectivity index (χ1n) is 13.3. The Bertz CT molecular complexity index is 1220. The summed E-state index contributed by atoms with van der Waals surface area (Å²) in [6.45, 7) is 7.57. The van der Waals surface area contributed by atoms with E-state index in [9.17, 15) is 18.4 Å². The van der Waals surface area contributed by atoms with Crippen LogP contribution in [0.1, 0.15) is 36.5 Å². The number of nitrogens with zero attached hydrogens (tertiary/aromatic N) is 4. The van der Waals surface area contributed by atoms with Gasteiger partial charge in [-0.3, -0.25) is 19.5 Å². The number of ketones is 1. The van der Waals surface area contributed by atoms with E-state index in [1.165, 1.54) is 6.20 Å². The number of hydrogen-bond donors (Lipinski definition) is 1. The van der Waals surface area contributed by atoms with Gasteiger partial charge in [0.1, 0.15) is 5.75 Å². The molecule has 1 amide bonds. The normalized spacial score (nSPS) is 22.3. The highest BCUT2D eigenvalue weighted by Gasteiger charge is 2.49. The van der Waals surface area contributed by atoms with Crippen LogP contribution in [0.2, 0.25) is 0 Å². The lowest BCUT2D eigenvalue weighted by molar-refractivity contribution is -0.123. The molecule has 1 N–H and O–H groups in total. The van der Waals surface area contributed by atoms with E-state index in [-0.39, 0.29) is 0 Å². The van der Waals surface area contributed by atoms with Crippen molar-refractivity contribution in [1.82, 2.24) is 20.1 Å². The van der Waals surface area contributed by atoms with Crippen LogP contribution in [-0.4, -0.2) is 89.9 Å². The molecule has 0 bridgehead atoms. The Labute approximate surface area is 232 Å². The number of fused-ring (bicyclic) bond motifs is 1. The third-order valence-corrected chi connectivity index (χ3v) is 8.61. The second-order valence-electron chi connectivity index (χ2n) is 10.2. The van der Waals surface area contributed by atoms with E-state index in [1.54, 1.807) is 24.3 Å². The lowest BCUT2D eigenvalue weighted by Gasteiger charge is -2.37. The zero-order valence-electron chi connectivity index (χ0n) is 22.4. The van der Waals surface area contributed by atoms with Crippen molar-refractivity contribution in [1.29, 1.82) is 5.26 Å². The largest absolute Gasteiger partial charge is 0.494 e. The second kappa shape index (κ2) is 13.0. The van der Waals surface area contributed by atoms with Crippen molar-refractivity contribution in [2.75, 3.05) is 52.1 Å². The van der Waals surface area contributed by atoms with Gasteiger partial charge < -0.3 is 15.0 Å². The molecule has 2 aromatic rings. The Morgan fingerprint density at radius 3 is 2.74 bits per heavy atom. The lowest BCUT2D eigenvalue weighted by atomic mass is 9.93. The van der Waals surface area contributed by atoms with Gasteiger partial charge in [-0.15, -0.1) is 11.8 Å². The van der Waals surface area contributed by atoms with Crippen molar-refractivity contribution in [3.8, 4) is 11.8 Å². The van der Waals surface area contributed by atoms with E-state index in [1.807, 2.05) is 17.8 Å². The molecule has 1 saturated carbocycles. The molecule has 2 fully saturated rings. The number of alkyl halides is 2. The second-order valence-corrected chi connectivity index (χ2v) is 11.4. The molecular formula is C28H35F2N5O3S. The van der Waals surface area contributed by atoms with E-state index in [2.05, 4.69) is 33.3 Å². The van der Waals surface area contributed by atoms with Crippen molar-refractivity contribution >= 4 is 34.4 Å². The molecular weight excluding hydrogens is 524 g/mol. The maximum Gasteiger partial charge on any atom is 0.252 e. The summed E-state index contributed by atoms with van der Waals surface area (Å²) in [5.41, 5.74) is 0.905. The average Bonchev–Trinajstić information content (AvgIpc) is 3.27. The molecule has 1 aromatic heterocycles. The van der Waals surface area contributed by atoms with Gasteiger partial charge in [0.25, 0.3) is 5.91 Å². The molecule has 0 radical (unpaired) electrons. The number of benzene rings is 1. The van der Waals surface area contributed by atoms with E-state index in [0.29, 0.717) is 34.2 Å². The number of halogens is 2. The van der Waals surface area contributed by atoms with Gasteiger partial charge in [-0.1, -0.05) is 0 Å². The van der Waals surface area contributed by atoms with Crippen LogP contribution < -0.4 is 10.1 Å². The number of pyridine rings is 1. The summed E-state index contributed by atoms with van der Waals surface area (Å²) in [5, 5.41) is 12.8. The molecule has 2 unspecified atom stereocenters. The van der Waals surface area contributed by atoms with Gasteiger partial charge in [0.15, 0.2) is 5.78 Å². The summed E-state index contributed by atoms with van der Waals surface area (Å²) in [5.74, 6) is -5.62. The quantitative estimate of drug-likeness (QED) is 0.415. The molecule has 1 aliphatic heterocycles. The Balaban J connectivity index is 1.30. The van der Waals surface area contributed by atoms with Gasteiger partial charge in [-0.05, 0) is 43.9 Å². The van der Waals surface area contributed by atoms with Crippen molar-refractivity contribution in [3.63, 3.8) is 0 Å². The third kappa shape index (κ3) is 7.44. The highest BCUT2D eigenvalue weighted by molar-refractivity contribution is 7.99. The molecule has 1 saturated heterocycles. The van der Waals surface area contributed by atoms with Crippen molar-refractivity contribution in [3.05, 3.63) is 36.0 Å². The smallest absolute Gasteiger partial charge is 0.252 e. The van der Waals surface area contributed by atoms with E-state index in [0.717, 1.165) is 39.1 Å². The monoisotopic (exact) mass is 559 g/mol. The van der Waals surface area contributed by atoms with E-state index in [4.69, 9.17) is 10.00 Å². The highest BCUT2D eigenvalue weighted by atomic mass is 32.2. The number of ether oxygens (including phenoxy) is 1. The van der Waals surface area contributed by atoms with Crippen LogP contribution >= 0.6 is 11.8 Å². The number of Topliss-reactive ketones (excluding diaryl/α,β-unsaturated/α-hetero) is 1. The lowest BCUT2D eigenvalue weighted by Crippen LogP contribution is -2.48. The molecule has 210 valence electrons. The Kier molecular flexibility index (Phi) is 9.75. The molecule has 11 heteroatoms. The summed E-state index contributed by atoms with van der Waals surface area (Å²) in [6, 6.07) is 8.69. The molecule has 2 heterocycles. The van der Waals surface area contributed by atoms with Crippen molar-refractivity contribution in [2.24, 2.45) is 11.8 Å². The summed E-state index contributed by atoms with van der Waals surface area (Å²) in [4.78, 5) is 34.7. The molecule has 3 atom stereocenters. The van der Waals surface area contributed by atoms with Crippen LogP contribution in [-0.2, 0) is 4.79 Å². The summed E-state index contributed by atoms with van der Waals surface area (Å²) in [6.07, 6.45) is 3.24. The highest BCUT2D eigenvalue weighted by Crippen LogP contribution is 2.43. The first-order chi connectivity index (χ1) is 18.7. The third-order valence-electron chi connectivity index (χ3n) is 7.63. The topological polar surface area (TPSA) is 98.6 Å². The number of piperazine rings is 1. The SMILES string of the molecule is CSC(C)N1CCN(CCCOc2ccc3nccc(C(=O)NCC(=O)C4CC(F)(F)C[C@H]4C#N)c3c2)CC1. The van der Waals surface area contributed by atoms with Gasteiger partial charge in [-0.25, -0.2) is 8.78 Å². The van der Waals surface area contributed by atoms with E-state index >= 15 is 0 Å². The van der Waals surface area contributed by atoms with Crippen LogP contribution in [0.5, 0.6) is 5.75 Å². The molecule has 1 aliphatic carbocycles. The number of carbonyl (C=O) groups excluding carboxylic acids is 2. The van der Waals surface area contributed by atoms with Gasteiger partial charge in [0.05, 0.1) is 41.6 Å². The van der Waals surface area contributed by atoms with Crippen LogP contribution in [0, 0.1) is 23.2 Å². The Morgan fingerprint density at radius 2 is 2.03 bits per heavy atom. The Hall–Kier alpha value is -2.81. The van der Waals surface area contributed by atoms with Crippen LogP contribution in [0.4, 0.5) is 8.78 Å². The molecule has 1 aromatic carbocycles. The fourth-order valence-corrected chi connectivity index (χ4v) is 5.78. The first kappa shape index (κ1) is 29.2. The zero-order chi connectivity index (χ0) is 28.0. The predicted molar refractivity (Wildman–Crippen MR) is 147 cm³/mol. The number of aromatic nitrogens is 1. The number of nitrogens with one attached hydrogen (secondary N) is 1. The number of amides is 1. The predicted octanol–water partition coefficient (Wildman–Crippen LogP) is 3.81. The number of hydrogen-bond acceptors (Lipinski definition) is 8.